The summed E-state index contributed by atoms with van der Waals surface area (Å²) in [6.07, 6.45) is 1.00. The lowest BCUT2D eigenvalue weighted by molar-refractivity contribution is -0.116. The Kier molecular flexibility index (Phi) is 7.69. The minimum atomic E-state index is -3.80. The summed E-state index contributed by atoms with van der Waals surface area (Å²) >= 11 is 6.12. The summed E-state index contributed by atoms with van der Waals surface area (Å²) in [5.74, 6) is -0.646. The van der Waals surface area contributed by atoms with Crippen molar-refractivity contribution >= 4 is 44.9 Å². The number of amides is 1. The van der Waals surface area contributed by atoms with Crippen LogP contribution in [0.25, 0.3) is 0 Å². The number of benzene rings is 2. The van der Waals surface area contributed by atoms with Crippen LogP contribution >= 0.6 is 11.6 Å². The summed E-state index contributed by atoms with van der Waals surface area (Å²) in [4.78, 5) is 24.5. The Morgan fingerprint density at radius 1 is 1.17 bits per heavy atom. The molecule has 2 rings (SSSR count). The molecule has 0 radical (unpaired) electrons. The van der Waals surface area contributed by atoms with Crippen LogP contribution in [0.15, 0.2) is 42.5 Å². The fraction of sp³-hybridized carbons (Fsp3) is 0.300. The van der Waals surface area contributed by atoms with Gasteiger partial charge >= 0.3 is 5.97 Å². The predicted molar refractivity (Wildman–Crippen MR) is 116 cm³/mol. The van der Waals surface area contributed by atoms with Gasteiger partial charge in [-0.3, -0.25) is 9.10 Å². The second-order valence-electron chi connectivity index (χ2n) is 6.34. The van der Waals surface area contributed by atoms with Gasteiger partial charge in [-0.2, -0.15) is 0 Å². The Labute approximate surface area is 180 Å². The molecule has 8 nitrogen and oxygen atoms in total. The van der Waals surface area contributed by atoms with Gasteiger partial charge in [-0.15, -0.1) is 0 Å². The number of sulfonamides is 1. The molecule has 0 aliphatic carbocycles. The van der Waals surface area contributed by atoms with E-state index in [4.69, 9.17) is 21.1 Å². The van der Waals surface area contributed by atoms with Gasteiger partial charge in [0, 0.05) is 5.69 Å². The highest BCUT2D eigenvalue weighted by Gasteiger charge is 2.29. The van der Waals surface area contributed by atoms with Gasteiger partial charge in [0.1, 0.15) is 11.8 Å². The summed E-state index contributed by atoms with van der Waals surface area (Å²) in [5, 5.41) is 2.86. The molecule has 0 saturated carbocycles. The Hall–Kier alpha value is -2.78. The highest BCUT2D eigenvalue weighted by Crippen LogP contribution is 2.31. The van der Waals surface area contributed by atoms with Crippen molar-refractivity contribution in [1.29, 1.82) is 0 Å². The Morgan fingerprint density at radius 2 is 1.80 bits per heavy atom. The number of carbonyl (C=O) groups is 2. The average Bonchev–Trinajstić information content (AvgIpc) is 2.68. The zero-order chi connectivity index (χ0) is 22.5. The van der Waals surface area contributed by atoms with Crippen LogP contribution in [0.1, 0.15) is 24.2 Å². The van der Waals surface area contributed by atoms with Crippen LogP contribution < -0.4 is 14.4 Å². The van der Waals surface area contributed by atoms with Gasteiger partial charge in [-0.1, -0.05) is 11.6 Å². The molecule has 1 amide bonds. The number of anilines is 2. The SMILES string of the molecule is CCOC(=O)c1ccc(NC(=O)[C@@H](C)N(c2ccc(OC)c(Cl)c2)S(C)(=O)=O)cc1. The standard InChI is InChI=1S/C20H23ClN2O6S/c1-5-29-20(25)14-6-8-15(9-7-14)22-19(24)13(2)23(30(4,26)27)16-10-11-18(28-3)17(21)12-16/h6-13H,5H2,1-4H3,(H,22,24)/t13-/m1/s1. The third kappa shape index (κ3) is 5.64. The molecule has 1 N–H and O–H groups in total. The van der Waals surface area contributed by atoms with Crippen LogP contribution in [0.2, 0.25) is 5.02 Å². The normalized spacial score (nSPS) is 12.0. The minimum Gasteiger partial charge on any atom is -0.495 e. The first kappa shape index (κ1) is 23.5. The number of halogens is 1. The molecule has 162 valence electrons. The van der Waals surface area contributed by atoms with Gasteiger partial charge in [-0.25, -0.2) is 13.2 Å². The van der Waals surface area contributed by atoms with E-state index in [2.05, 4.69) is 5.32 Å². The first-order valence-corrected chi connectivity index (χ1v) is 11.2. The molecule has 0 unspecified atom stereocenters. The van der Waals surface area contributed by atoms with Crippen molar-refractivity contribution in [2.24, 2.45) is 0 Å². The molecule has 10 heteroatoms. The third-order valence-corrected chi connectivity index (χ3v) is 5.68. The van der Waals surface area contributed by atoms with E-state index in [9.17, 15) is 18.0 Å². The van der Waals surface area contributed by atoms with E-state index in [0.29, 0.717) is 17.0 Å². The van der Waals surface area contributed by atoms with E-state index >= 15 is 0 Å². The maximum atomic E-state index is 12.7. The minimum absolute atomic E-state index is 0.214. The number of carbonyl (C=O) groups excluding carboxylic acids is 2. The van der Waals surface area contributed by atoms with E-state index in [1.165, 1.54) is 56.5 Å². The number of nitrogens with zero attached hydrogens (tertiary/aromatic N) is 1. The highest BCUT2D eigenvalue weighted by molar-refractivity contribution is 7.92. The Morgan fingerprint density at radius 3 is 2.30 bits per heavy atom. The highest BCUT2D eigenvalue weighted by atomic mass is 35.5. The quantitative estimate of drug-likeness (QED) is 0.614. The van der Waals surface area contributed by atoms with Crippen molar-refractivity contribution in [3.05, 3.63) is 53.1 Å². The molecule has 2 aromatic rings. The van der Waals surface area contributed by atoms with Crippen LogP contribution in [0.4, 0.5) is 11.4 Å². The first-order chi connectivity index (χ1) is 14.1. The van der Waals surface area contributed by atoms with Crippen LogP contribution in [0.3, 0.4) is 0 Å². The van der Waals surface area contributed by atoms with E-state index in [-0.39, 0.29) is 17.3 Å². The van der Waals surface area contributed by atoms with Crippen molar-refractivity contribution < 1.29 is 27.5 Å². The number of hydrogen-bond acceptors (Lipinski definition) is 6. The molecule has 0 heterocycles. The first-order valence-electron chi connectivity index (χ1n) is 8.99. The summed E-state index contributed by atoms with van der Waals surface area (Å²) < 4.78 is 35.8. The van der Waals surface area contributed by atoms with E-state index in [1.54, 1.807) is 6.92 Å². The van der Waals surface area contributed by atoms with Crippen molar-refractivity contribution in [3.8, 4) is 5.75 Å². The predicted octanol–water partition coefficient (Wildman–Crippen LogP) is 3.32. The van der Waals surface area contributed by atoms with Gasteiger partial charge in [0.25, 0.3) is 0 Å². The molecule has 0 aromatic heterocycles. The lowest BCUT2D eigenvalue weighted by Gasteiger charge is -2.28. The Balaban J connectivity index is 2.24. The van der Waals surface area contributed by atoms with Gasteiger partial charge < -0.3 is 14.8 Å². The Bertz CT molecular complexity index is 1020. The maximum Gasteiger partial charge on any atom is 0.338 e. The van der Waals surface area contributed by atoms with Gasteiger partial charge in [0.15, 0.2) is 0 Å². The van der Waals surface area contributed by atoms with Crippen LogP contribution in [0.5, 0.6) is 5.75 Å². The van der Waals surface area contributed by atoms with Crippen molar-refractivity contribution in [1.82, 2.24) is 0 Å². The molecule has 0 spiro atoms. The topological polar surface area (TPSA) is 102 Å². The molecule has 0 aliphatic heterocycles. The van der Waals surface area contributed by atoms with Gasteiger partial charge in [-0.05, 0) is 56.3 Å². The molecule has 30 heavy (non-hydrogen) atoms. The second-order valence-corrected chi connectivity index (χ2v) is 8.61. The maximum absolute atomic E-state index is 12.7. The summed E-state index contributed by atoms with van der Waals surface area (Å²) in [5.41, 5.74) is 0.971. The zero-order valence-electron chi connectivity index (χ0n) is 17.0. The molecular formula is C20H23ClN2O6S. The van der Waals surface area contributed by atoms with Gasteiger partial charge in [0.2, 0.25) is 15.9 Å². The molecule has 0 bridgehead atoms. The van der Waals surface area contributed by atoms with E-state index in [0.717, 1.165) is 10.6 Å². The summed E-state index contributed by atoms with van der Waals surface area (Å²) in [6.45, 7) is 3.42. The number of ether oxygens (including phenoxy) is 2. The van der Waals surface area contributed by atoms with Crippen molar-refractivity contribution in [2.75, 3.05) is 29.6 Å². The smallest absolute Gasteiger partial charge is 0.338 e. The molecule has 2 aromatic carbocycles. The molecule has 1 atom stereocenters. The average molecular weight is 455 g/mol. The monoisotopic (exact) mass is 454 g/mol. The van der Waals surface area contributed by atoms with Crippen LogP contribution in [0, 0.1) is 0 Å². The lowest BCUT2D eigenvalue weighted by atomic mass is 10.2. The van der Waals surface area contributed by atoms with E-state index < -0.39 is 27.9 Å². The summed E-state index contributed by atoms with van der Waals surface area (Å²) in [6, 6.07) is 9.45. The van der Waals surface area contributed by atoms with Gasteiger partial charge in [0.05, 0.1) is 36.2 Å². The summed E-state index contributed by atoms with van der Waals surface area (Å²) in [7, 11) is -2.36. The zero-order valence-corrected chi connectivity index (χ0v) is 18.6. The lowest BCUT2D eigenvalue weighted by Crippen LogP contribution is -2.45. The number of hydrogen-bond donors (Lipinski definition) is 1. The fourth-order valence-electron chi connectivity index (χ4n) is 2.75. The fourth-order valence-corrected chi connectivity index (χ4v) is 4.17. The number of esters is 1. The molecule has 0 aliphatic rings. The molecule has 0 fully saturated rings. The molecular weight excluding hydrogens is 432 g/mol. The van der Waals surface area contributed by atoms with Crippen LogP contribution in [-0.2, 0) is 19.6 Å². The second kappa shape index (κ2) is 9.82. The largest absolute Gasteiger partial charge is 0.495 e. The number of methoxy groups -OCH3 is 1. The van der Waals surface area contributed by atoms with E-state index in [1.807, 2.05) is 0 Å². The van der Waals surface area contributed by atoms with Crippen LogP contribution in [-0.4, -0.2) is 46.3 Å². The van der Waals surface area contributed by atoms with Crippen molar-refractivity contribution in [3.63, 3.8) is 0 Å². The molecule has 0 saturated heterocycles. The number of rotatable bonds is 8. The number of nitrogens with one attached hydrogen (secondary N) is 1. The third-order valence-electron chi connectivity index (χ3n) is 4.14. The van der Waals surface area contributed by atoms with Crippen molar-refractivity contribution in [2.45, 2.75) is 19.9 Å².